The minimum atomic E-state index is -0.473. The number of hydrogen-bond donors (Lipinski definition) is 1. The van der Waals surface area contributed by atoms with Gasteiger partial charge in [-0.3, -0.25) is 4.99 Å². The molecular formula is C22H33N3O3S. The topological polar surface area (TPSA) is 78.1 Å². The number of aliphatic hydroxyl groups is 1. The molecule has 0 spiro atoms. The molecule has 2 atom stereocenters. The Morgan fingerprint density at radius 3 is 2.41 bits per heavy atom. The van der Waals surface area contributed by atoms with E-state index in [1.165, 1.54) is 11.8 Å². The van der Waals surface area contributed by atoms with Gasteiger partial charge in [0.1, 0.15) is 5.25 Å². The Bertz CT molecular complexity index is 729. The molecule has 0 radical (unpaired) electrons. The number of hydrogen-bond acceptors (Lipinski definition) is 7. The van der Waals surface area contributed by atoms with Gasteiger partial charge in [0.15, 0.2) is 11.5 Å². The Morgan fingerprint density at radius 1 is 1.17 bits per heavy atom. The monoisotopic (exact) mass is 419 g/mol. The minimum Gasteiger partial charge on any atom is -0.490 e. The highest BCUT2D eigenvalue weighted by atomic mass is 32.2. The molecule has 0 bridgehead atoms. The molecule has 0 saturated heterocycles. The third-order valence-corrected chi connectivity index (χ3v) is 6.13. The van der Waals surface area contributed by atoms with Crippen LogP contribution in [0, 0.1) is 11.3 Å². The van der Waals surface area contributed by atoms with Crippen LogP contribution in [0.15, 0.2) is 17.1 Å². The third kappa shape index (κ3) is 6.36. The van der Waals surface area contributed by atoms with E-state index in [1.807, 2.05) is 26.0 Å². The normalized spacial score (nSPS) is 15.3. The molecule has 1 aliphatic rings. The molecule has 2 unspecified atom stereocenters. The Labute approximate surface area is 178 Å². The van der Waals surface area contributed by atoms with Crippen molar-refractivity contribution in [1.29, 1.82) is 5.26 Å². The van der Waals surface area contributed by atoms with Crippen LogP contribution in [0.5, 0.6) is 11.5 Å². The van der Waals surface area contributed by atoms with Crippen molar-refractivity contribution in [1.82, 2.24) is 4.90 Å². The number of rotatable bonds is 12. The second-order valence-electron chi connectivity index (χ2n) is 6.82. The average molecular weight is 420 g/mol. The molecule has 1 N–H and O–H groups in total. The first-order chi connectivity index (χ1) is 14.1. The van der Waals surface area contributed by atoms with Crippen LogP contribution in [-0.4, -0.2) is 72.2 Å². The zero-order valence-corrected chi connectivity index (χ0v) is 18.8. The smallest absolute Gasteiger partial charge is 0.161 e. The fraction of sp³-hybridized carbons (Fsp3) is 0.636. The van der Waals surface area contributed by atoms with Gasteiger partial charge in [-0.1, -0.05) is 13.8 Å². The molecule has 29 heavy (non-hydrogen) atoms. The summed E-state index contributed by atoms with van der Waals surface area (Å²) >= 11 is 1.46. The number of benzene rings is 1. The van der Waals surface area contributed by atoms with Crippen LogP contribution in [0.1, 0.15) is 38.8 Å². The predicted octanol–water partition coefficient (Wildman–Crippen LogP) is 3.16. The number of fused-ring (bicyclic) bond motifs is 1. The van der Waals surface area contributed by atoms with E-state index < -0.39 is 11.4 Å². The summed E-state index contributed by atoms with van der Waals surface area (Å²) < 4.78 is 11.5. The van der Waals surface area contributed by atoms with Crippen LogP contribution < -0.4 is 9.47 Å². The van der Waals surface area contributed by atoms with Crippen LogP contribution >= 0.6 is 11.8 Å². The van der Waals surface area contributed by atoms with Crippen molar-refractivity contribution in [2.45, 2.75) is 45.5 Å². The SMILES string of the molecule is CCOc1cc2c(cc1OCC)C(C(C#N)SCC(O)CN(CC)CC)=NCC2. The number of nitrogens with zero attached hydrogens (tertiary/aromatic N) is 3. The van der Waals surface area contributed by atoms with Crippen molar-refractivity contribution in [3.8, 4) is 17.6 Å². The summed E-state index contributed by atoms with van der Waals surface area (Å²) in [5.41, 5.74) is 2.87. The minimum absolute atomic E-state index is 0.423. The molecule has 160 valence electrons. The van der Waals surface area contributed by atoms with Gasteiger partial charge in [-0.2, -0.15) is 5.26 Å². The Morgan fingerprint density at radius 2 is 1.83 bits per heavy atom. The first-order valence-corrected chi connectivity index (χ1v) is 11.5. The number of nitriles is 1. The van der Waals surface area contributed by atoms with Gasteiger partial charge in [-0.15, -0.1) is 11.8 Å². The zero-order valence-electron chi connectivity index (χ0n) is 18.0. The number of thioether (sulfide) groups is 1. The summed E-state index contributed by atoms with van der Waals surface area (Å²) in [7, 11) is 0. The fourth-order valence-electron chi connectivity index (χ4n) is 3.41. The number of likely N-dealkylation sites (N-methyl/N-ethyl adjacent to an activating group) is 1. The van der Waals surface area contributed by atoms with Crippen molar-refractivity contribution < 1.29 is 14.6 Å². The van der Waals surface area contributed by atoms with Gasteiger partial charge < -0.3 is 19.5 Å². The second kappa shape index (κ2) is 12.1. The first-order valence-electron chi connectivity index (χ1n) is 10.5. The quantitative estimate of drug-likeness (QED) is 0.561. The van der Waals surface area contributed by atoms with E-state index >= 15 is 0 Å². The van der Waals surface area contributed by atoms with Crippen LogP contribution in [0.3, 0.4) is 0 Å². The van der Waals surface area contributed by atoms with E-state index in [-0.39, 0.29) is 0 Å². The zero-order chi connectivity index (χ0) is 21.2. The van der Waals surface area contributed by atoms with Crippen LogP contribution in [0.25, 0.3) is 0 Å². The first kappa shape index (κ1) is 23.5. The highest BCUT2D eigenvalue weighted by Gasteiger charge is 2.26. The predicted molar refractivity (Wildman–Crippen MR) is 120 cm³/mol. The number of aliphatic hydroxyl groups excluding tert-OH is 1. The van der Waals surface area contributed by atoms with Gasteiger partial charge in [0.25, 0.3) is 0 Å². The van der Waals surface area contributed by atoms with Gasteiger partial charge in [0, 0.05) is 24.4 Å². The maximum Gasteiger partial charge on any atom is 0.161 e. The molecule has 1 heterocycles. The van der Waals surface area contributed by atoms with E-state index in [1.54, 1.807) is 0 Å². The largest absolute Gasteiger partial charge is 0.490 e. The molecule has 6 nitrogen and oxygen atoms in total. The van der Waals surface area contributed by atoms with Crippen molar-refractivity contribution in [3.05, 3.63) is 23.3 Å². The maximum absolute atomic E-state index is 10.4. The highest BCUT2D eigenvalue weighted by molar-refractivity contribution is 8.00. The molecule has 0 saturated carbocycles. The van der Waals surface area contributed by atoms with Crippen molar-refractivity contribution in [2.24, 2.45) is 4.99 Å². The molecule has 2 rings (SSSR count). The second-order valence-corrected chi connectivity index (χ2v) is 7.96. The summed E-state index contributed by atoms with van der Waals surface area (Å²) in [5, 5.41) is 19.8. The Kier molecular flexibility index (Phi) is 9.79. The van der Waals surface area contributed by atoms with E-state index in [0.717, 1.165) is 42.1 Å². The lowest BCUT2D eigenvalue weighted by molar-refractivity contribution is 0.137. The van der Waals surface area contributed by atoms with Crippen LogP contribution in [0.4, 0.5) is 0 Å². The summed E-state index contributed by atoms with van der Waals surface area (Å²) in [4.78, 5) is 6.86. The van der Waals surface area contributed by atoms with E-state index in [2.05, 4.69) is 29.8 Å². The van der Waals surface area contributed by atoms with Gasteiger partial charge in [0.2, 0.25) is 0 Å². The average Bonchev–Trinajstić information content (AvgIpc) is 2.73. The maximum atomic E-state index is 10.4. The van der Waals surface area contributed by atoms with E-state index in [0.29, 0.717) is 37.8 Å². The molecule has 1 aliphatic heterocycles. The van der Waals surface area contributed by atoms with E-state index in [9.17, 15) is 10.4 Å². The van der Waals surface area contributed by atoms with Crippen LogP contribution in [-0.2, 0) is 6.42 Å². The van der Waals surface area contributed by atoms with Gasteiger partial charge in [-0.25, -0.2) is 0 Å². The van der Waals surface area contributed by atoms with Gasteiger partial charge in [-0.05, 0) is 51.1 Å². The van der Waals surface area contributed by atoms with Crippen molar-refractivity contribution in [2.75, 3.05) is 45.1 Å². The van der Waals surface area contributed by atoms with Crippen molar-refractivity contribution >= 4 is 17.5 Å². The summed E-state index contributed by atoms with van der Waals surface area (Å²) in [6, 6.07) is 6.35. The molecule has 1 aromatic rings. The number of ether oxygens (including phenoxy) is 2. The van der Waals surface area contributed by atoms with Crippen molar-refractivity contribution in [3.63, 3.8) is 0 Å². The van der Waals surface area contributed by atoms with Gasteiger partial charge in [0.05, 0.1) is 31.1 Å². The molecule has 1 aromatic carbocycles. The Hall–Kier alpha value is -1.75. The molecule has 0 aliphatic carbocycles. The lowest BCUT2D eigenvalue weighted by Crippen LogP contribution is -2.34. The summed E-state index contributed by atoms with van der Waals surface area (Å²) in [5.74, 6) is 1.93. The lowest BCUT2D eigenvalue weighted by Gasteiger charge is -2.24. The fourth-order valence-corrected chi connectivity index (χ4v) is 4.36. The molecule has 0 fully saturated rings. The highest BCUT2D eigenvalue weighted by Crippen LogP contribution is 2.35. The summed E-state index contributed by atoms with van der Waals surface area (Å²) in [6.45, 7) is 12.3. The standard InChI is InChI=1S/C22H33N3O3S/c1-5-25(6-2)14-17(26)15-29-21(13-23)22-18-12-20(28-8-4)19(27-7-3)11-16(18)9-10-24-22/h11-12,17,21,26H,5-10,14-15H2,1-4H3. The van der Waals surface area contributed by atoms with Gasteiger partial charge >= 0.3 is 0 Å². The molecule has 0 amide bonds. The molecule has 7 heteroatoms. The third-order valence-electron chi connectivity index (χ3n) is 4.89. The molecule has 0 aromatic heterocycles. The lowest BCUT2D eigenvalue weighted by atomic mass is 9.95. The number of aliphatic imine (C=N–C) groups is 1. The Balaban J connectivity index is 2.18. The summed E-state index contributed by atoms with van der Waals surface area (Å²) in [6.07, 6.45) is 0.345. The van der Waals surface area contributed by atoms with Crippen LogP contribution in [0.2, 0.25) is 0 Å². The van der Waals surface area contributed by atoms with E-state index in [4.69, 9.17) is 9.47 Å². The molecular weight excluding hydrogens is 386 g/mol.